The Morgan fingerprint density at radius 2 is 2.14 bits per heavy atom. The Labute approximate surface area is 125 Å². The lowest BCUT2D eigenvalue weighted by molar-refractivity contribution is -0.384. The summed E-state index contributed by atoms with van der Waals surface area (Å²) in [5, 5.41) is 10.9. The van der Waals surface area contributed by atoms with E-state index in [0.29, 0.717) is 5.56 Å². The van der Waals surface area contributed by atoms with Crippen LogP contribution in [0.15, 0.2) is 38.5 Å². The van der Waals surface area contributed by atoms with E-state index in [1.165, 1.54) is 22.9 Å². The summed E-state index contributed by atoms with van der Waals surface area (Å²) in [6, 6.07) is 4.37. The monoisotopic (exact) mass is 355 g/mol. The van der Waals surface area contributed by atoms with E-state index in [1.54, 1.807) is 6.07 Å². The fourth-order valence-electron chi connectivity index (χ4n) is 1.82. The molecule has 0 aliphatic carbocycles. The quantitative estimate of drug-likeness (QED) is 0.416. The van der Waals surface area contributed by atoms with Crippen LogP contribution in [0, 0.1) is 10.1 Å². The van der Waals surface area contributed by atoms with Gasteiger partial charge in [-0.1, -0.05) is 12.1 Å². The molecule has 0 saturated carbocycles. The van der Waals surface area contributed by atoms with E-state index in [1.807, 2.05) is 0 Å². The van der Waals surface area contributed by atoms with Gasteiger partial charge >= 0.3 is 5.69 Å². The lowest BCUT2D eigenvalue weighted by atomic mass is 10.1. The fraction of sp³-hybridized carbons (Fsp3) is 0.0909. The highest BCUT2D eigenvalue weighted by atomic mass is 79.9. The highest BCUT2D eigenvalue weighted by Crippen LogP contribution is 2.27. The van der Waals surface area contributed by atoms with Crippen LogP contribution < -0.4 is 22.5 Å². The molecule has 0 amide bonds. The second-order valence-corrected chi connectivity index (χ2v) is 4.93. The minimum absolute atomic E-state index is 0.00935. The smallest absolute Gasteiger partial charge is 0.318 e. The summed E-state index contributed by atoms with van der Waals surface area (Å²) in [4.78, 5) is 35.5. The fourth-order valence-corrected chi connectivity index (χ4v) is 2.17. The molecule has 0 bridgehead atoms. The van der Waals surface area contributed by atoms with Crippen molar-refractivity contribution in [3.63, 3.8) is 0 Å². The van der Waals surface area contributed by atoms with E-state index >= 15 is 0 Å². The molecule has 0 atom stereocenters. The Bertz CT molecular complexity index is 813. The van der Waals surface area contributed by atoms with Crippen LogP contribution >= 0.6 is 15.9 Å². The zero-order valence-corrected chi connectivity index (χ0v) is 12.1. The minimum atomic E-state index is -0.627. The van der Waals surface area contributed by atoms with Crippen LogP contribution in [0.1, 0.15) is 5.56 Å². The lowest BCUT2D eigenvalue weighted by Crippen LogP contribution is -2.30. The summed E-state index contributed by atoms with van der Waals surface area (Å²) in [5.74, 6) is 5.33. The number of anilines is 1. The number of H-pyrrole nitrogens is 1. The SMILES string of the molecule is NNc1c(Cn2cc(Br)c(=O)[nH]c2=O)cccc1[N+](=O)[O-]. The predicted octanol–water partition coefficient (Wildman–Crippen LogP) is 0.541. The molecule has 0 saturated heterocycles. The number of rotatable bonds is 4. The summed E-state index contributed by atoms with van der Waals surface area (Å²) in [6.45, 7) is 0.00935. The van der Waals surface area contributed by atoms with Crippen molar-refractivity contribution in [3.05, 3.63) is 65.4 Å². The van der Waals surface area contributed by atoms with Crippen molar-refractivity contribution >= 4 is 27.3 Å². The third-order valence-corrected chi connectivity index (χ3v) is 3.34. The topological polar surface area (TPSA) is 136 Å². The summed E-state index contributed by atoms with van der Waals surface area (Å²) in [6.07, 6.45) is 1.31. The Balaban J connectivity index is 2.52. The van der Waals surface area contributed by atoms with E-state index in [4.69, 9.17) is 5.84 Å². The maximum atomic E-state index is 11.7. The Hall–Kier alpha value is -2.46. The van der Waals surface area contributed by atoms with Crippen molar-refractivity contribution in [2.75, 3.05) is 5.43 Å². The van der Waals surface area contributed by atoms with Crippen LogP contribution in [0.3, 0.4) is 0 Å². The number of nitro benzene ring substituents is 1. The molecular weight excluding hydrogens is 346 g/mol. The summed E-state index contributed by atoms with van der Waals surface area (Å²) in [7, 11) is 0. The minimum Gasteiger partial charge on any atom is -0.318 e. The van der Waals surface area contributed by atoms with Gasteiger partial charge in [0.2, 0.25) is 0 Å². The van der Waals surface area contributed by atoms with Crippen LogP contribution in [0.25, 0.3) is 0 Å². The van der Waals surface area contributed by atoms with Gasteiger partial charge < -0.3 is 5.43 Å². The van der Waals surface area contributed by atoms with Gasteiger partial charge in [-0.15, -0.1) is 0 Å². The maximum Gasteiger partial charge on any atom is 0.328 e. The maximum absolute atomic E-state index is 11.7. The Morgan fingerprint density at radius 3 is 2.76 bits per heavy atom. The molecule has 1 aromatic heterocycles. The molecule has 21 heavy (non-hydrogen) atoms. The number of nitrogens with one attached hydrogen (secondary N) is 2. The second-order valence-electron chi connectivity index (χ2n) is 4.08. The van der Waals surface area contributed by atoms with Gasteiger partial charge in [-0.05, 0) is 15.9 Å². The summed E-state index contributed by atoms with van der Waals surface area (Å²) < 4.78 is 1.38. The van der Waals surface area contributed by atoms with Crippen molar-refractivity contribution in [1.82, 2.24) is 9.55 Å². The first kappa shape index (κ1) is 14.9. The molecule has 0 fully saturated rings. The van der Waals surface area contributed by atoms with Crippen molar-refractivity contribution < 1.29 is 4.92 Å². The van der Waals surface area contributed by atoms with E-state index in [2.05, 4.69) is 26.3 Å². The molecule has 10 heteroatoms. The van der Waals surface area contributed by atoms with E-state index in [-0.39, 0.29) is 22.4 Å². The molecule has 0 unspecified atom stereocenters. The van der Waals surface area contributed by atoms with Gasteiger partial charge in [-0.25, -0.2) is 4.79 Å². The summed E-state index contributed by atoms with van der Waals surface area (Å²) >= 11 is 3.01. The molecule has 2 aromatic rings. The molecule has 2 rings (SSSR count). The predicted molar refractivity (Wildman–Crippen MR) is 79.0 cm³/mol. The van der Waals surface area contributed by atoms with Gasteiger partial charge in [-0.2, -0.15) is 0 Å². The van der Waals surface area contributed by atoms with E-state index < -0.39 is 16.2 Å². The third-order valence-electron chi connectivity index (χ3n) is 2.78. The van der Waals surface area contributed by atoms with E-state index in [9.17, 15) is 19.7 Å². The largest absolute Gasteiger partial charge is 0.328 e. The van der Waals surface area contributed by atoms with Crippen molar-refractivity contribution in [2.45, 2.75) is 6.54 Å². The van der Waals surface area contributed by atoms with Gasteiger partial charge in [0.15, 0.2) is 0 Å². The van der Waals surface area contributed by atoms with Gasteiger partial charge in [-0.3, -0.25) is 30.3 Å². The van der Waals surface area contributed by atoms with Crippen LogP contribution in [0.5, 0.6) is 0 Å². The number of nitro groups is 1. The van der Waals surface area contributed by atoms with Crippen molar-refractivity contribution in [3.8, 4) is 0 Å². The number of aromatic nitrogens is 2. The molecule has 9 nitrogen and oxygen atoms in total. The lowest BCUT2D eigenvalue weighted by Gasteiger charge is -2.10. The van der Waals surface area contributed by atoms with Crippen LogP contribution in [-0.2, 0) is 6.54 Å². The van der Waals surface area contributed by atoms with Crippen molar-refractivity contribution in [2.24, 2.45) is 5.84 Å². The normalized spacial score (nSPS) is 10.4. The van der Waals surface area contributed by atoms with Gasteiger partial charge in [0.1, 0.15) is 5.69 Å². The number of hydrogen-bond acceptors (Lipinski definition) is 6. The molecule has 1 aromatic carbocycles. The molecule has 0 aliphatic heterocycles. The summed E-state index contributed by atoms with van der Waals surface area (Å²) in [5.41, 5.74) is 1.44. The molecule has 0 spiro atoms. The number of hydrazine groups is 1. The zero-order chi connectivity index (χ0) is 15.6. The second kappa shape index (κ2) is 5.89. The molecule has 0 radical (unpaired) electrons. The third kappa shape index (κ3) is 3.01. The standard InChI is InChI=1S/C11H10BrN5O4/c12-7-5-16(11(19)14-10(7)18)4-6-2-1-3-8(17(20)21)9(6)15-13/h1-3,5,15H,4,13H2,(H,14,18,19). The number of para-hydroxylation sites is 1. The molecule has 1 heterocycles. The van der Waals surface area contributed by atoms with Gasteiger partial charge in [0.25, 0.3) is 11.2 Å². The highest BCUT2D eigenvalue weighted by Gasteiger charge is 2.17. The van der Waals surface area contributed by atoms with Crippen molar-refractivity contribution in [1.29, 1.82) is 0 Å². The van der Waals surface area contributed by atoms with E-state index in [0.717, 1.165) is 0 Å². The first-order valence-electron chi connectivity index (χ1n) is 5.66. The number of nitrogens with two attached hydrogens (primary N) is 1. The van der Waals surface area contributed by atoms with Crippen LogP contribution in [0.2, 0.25) is 0 Å². The number of halogens is 1. The van der Waals surface area contributed by atoms with Crippen LogP contribution in [-0.4, -0.2) is 14.5 Å². The first-order chi connectivity index (χ1) is 9.93. The molecular formula is C11H10BrN5O4. The van der Waals surface area contributed by atoms with Crippen LogP contribution in [0.4, 0.5) is 11.4 Å². The van der Waals surface area contributed by atoms with Gasteiger partial charge in [0, 0.05) is 17.8 Å². The van der Waals surface area contributed by atoms with Gasteiger partial charge in [0.05, 0.1) is 15.9 Å². The highest BCUT2D eigenvalue weighted by molar-refractivity contribution is 9.10. The number of nitrogen functional groups attached to an aromatic ring is 1. The molecule has 110 valence electrons. The Kier molecular flexibility index (Phi) is 4.19. The zero-order valence-electron chi connectivity index (χ0n) is 10.5. The number of nitrogens with zero attached hydrogens (tertiary/aromatic N) is 2. The number of benzene rings is 1. The first-order valence-corrected chi connectivity index (χ1v) is 6.45. The number of aromatic amines is 1. The Morgan fingerprint density at radius 1 is 1.43 bits per heavy atom. The number of hydrogen-bond donors (Lipinski definition) is 3. The molecule has 0 aliphatic rings. The molecule has 4 N–H and O–H groups in total. The average Bonchev–Trinajstić information content (AvgIpc) is 2.44. The average molecular weight is 356 g/mol.